The Labute approximate surface area is 183 Å². The maximum atomic E-state index is 12.4. The van der Waals surface area contributed by atoms with Crippen LogP contribution in [0.4, 0.5) is 17.1 Å². The number of hydrogen-bond acceptors (Lipinski definition) is 5. The van der Waals surface area contributed by atoms with Crippen LogP contribution < -0.4 is 20.7 Å². The first-order valence-corrected chi connectivity index (χ1v) is 10.8. The fraction of sp³-hybridized carbons (Fsp3) is 0.417. The maximum absolute atomic E-state index is 12.4. The van der Waals surface area contributed by atoms with Gasteiger partial charge in [-0.1, -0.05) is 26.0 Å². The predicted molar refractivity (Wildman–Crippen MR) is 123 cm³/mol. The molecule has 1 saturated heterocycles. The van der Waals surface area contributed by atoms with E-state index in [0.29, 0.717) is 30.4 Å². The van der Waals surface area contributed by atoms with E-state index in [1.807, 2.05) is 62.4 Å². The topological polar surface area (TPSA) is 88.7 Å². The van der Waals surface area contributed by atoms with Gasteiger partial charge in [-0.2, -0.15) is 0 Å². The molecule has 1 fully saturated rings. The number of anilines is 3. The average molecular weight is 426 g/mol. The predicted octanol–water partition coefficient (Wildman–Crippen LogP) is 4.28. The molecule has 0 radical (unpaired) electrons. The minimum absolute atomic E-state index is 0.00420. The first-order valence-electron chi connectivity index (χ1n) is 10.8. The molecule has 0 aromatic heterocycles. The zero-order valence-electron chi connectivity index (χ0n) is 18.1. The van der Waals surface area contributed by atoms with Gasteiger partial charge in [0.1, 0.15) is 12.4 Å². The van der Waals surface area contributed by atoms with Crippen molar-refractivity contribution < 1.29 is 19.1 Å². The van der Waals surface area contributed by atoms with Crippen molar-refractivity contribution in [3.8, 4) is 5.75 Å². The van der Waals surface area contributed by atoms with Gasteiger partial charge < -0.3 is 25.4 Å². The van der Waals surface area contributed by atoms with Gasteiger partial charge >= 0.3 is 0 Å². The highest BCUT2D eigenvalue weighted by molar-refractivity contribution is 5.95. The van der Waals surface area contributed by atoms with Crippen molar-refractivity contribution in [2.75, 3.05) is 35.7 Å². The quantitative estimate of drug-likeness (QED) is 0.529. The lowest BCUT2D eigenvalue weighted by Gasteiger charge is -2.15. The highest BCUT2D eigenvalue weighted by Gasteiger charge is 2.17. The summed E-state index contributed by atoms with van der Waals surface area (Å²) in [5, 5.41) is 8.84. The van der Waals surface area contributed by atoms with Gasteiger partial charge in [-0.05, 0) is 55.2 Å². The van der Waals surface area contributed by atoms with E-state index in [2.05, 4.69) is 16.0 Å². The van der Waals surface area contributed by atoms with Crippen LogP contribution in [0.5, 0.6) is 5.75 Å². The standard InChI is InChI=1S/C24H31N3O4/c1-17(2)14-23(28)26-19-11-9-18(10-12-19)25-15-24(29)27-21-7-3-4-8-22(21)31-16-20-6-5-13-30-20/h3-4,7-12,17,20,25H,5-6,13-16H2,1-2H3,(H,26,28)(H,27,29). The molecule has 7 heteroatoms. The van der Waals surface area contributed by atoms with E-state index >= 15 is 0 Å². The van der Waals surface area contributed by atoms with Gasteiger partial charge in [0, 0.05) is 24.4 Å². The number of ether oxygens (including phenoxy) is 2. The van der Waals surface area contributed by atoms with Crippen LogP contribution in [0.1, 0.15) is 33.1 Å². The summed E-state index contributed by atoms with van der Waals surface area (Å²) < 4.78 is 11.4. The number of para-hydroxylation sites is 2. The smallest absolute Gasteiger partial charge is 0.243 e. The summed E-state index contributed by atoms with van der Waals surface area (Å²) in [5.74, 6) is 0.761. The molecule has 1 aliphatic heterocycles. The van der Waals surface area contributed by atoms with E-state index in [9.17, 15) is 9.59 Å². The second-order valence-electron chi connectivity index (χ2n) is 8.07. The Morgan fingerprint density at radius 3 is 2.48 bits per heavy atom. The van der Waals surface area contributed by atoms with Crippen molar-refractivity contribution in [3.05, 3.63) is 48.5 Å². The van der Waals surface area contributed by atoms with Gasteiger partial charge in [-0.3, -0.25) is 9.59 Å². The molecule has 166 valence electrons. The van der Waals surface area contributed by atoms with E-state index in [-0.39, 0.29) is 24.5 Å². The number of carbonyl (C=O) groups excluding carboxylic acids is 2. The fourth-order valence-electron chi connectivity index (χ4n) is 3.29. The van der Waals surface area contributed by atoms with Crippen molar-refractivity contribution in [2.45, 2.75) is 39.2 Å². The SMILES string of the molecule is CC(C)CC(=O)Nc1ccc(NCC(=O)Nc2ccccc2OCC2CCCO2)cc1. The Hall–Kier alpha value is -3.06. The molecule has 1 heterocycles. The first kappa shape index (κ1) is 22.6. The average Bonchev–Trinajstić information content (AvgIpc) is 3.26. The van der Waals surface area contributed by atoms with E-state index in [0.717, 1.165) is 30.8 Å². The summed E-state index contributed by atoms with van der Waals surface area (Å²) >= 11 is 0. The lowest BCUT2D eigenvalue weighted by atomic mass is 10.1. The minimum Gasteiger partial charge on any atom is -0.489 e. The zero-order chi connectivity index (χ0) is 22.1. The molecule has 3 rings (SSSR count). The summed E-state index contributed by atoms with van der Waals surface area (Å²) in [6.45, 7) is 5.38. The van der Waals surface area contributed by atoms with E-state index in [1.165, 1.54) is 0 Å². The van der Waals surface area contributed by atoms with Crippen LogP contribution in [0, 0.1) is 5.92 Å². The molecule has 0 bridgehead atoms. The molecular weight excluding hydrogens is 394 g/mol. The molecular formula is C24H31N3O4. The molecule has 0 aliphatic carbocycles. The summed E-state index contributed by atoms with van der Waals surface area (Å²) in [5.41, 5.74) is 2.16. The Bertz CT molecular complexity index is 861. The third-order valence-corrected chi connectivity index (χ3v) is 4.83. The van der Waals surface area contributed by atoms with Gasteiger partial charge in [-0.15, -0.1) is 0 Å². The molecule has 2 amide bonds. The molecule has 0 saturated carbocycles. The van der Waals surface area contributed by atoms with Crippen molar-refractivity contribution in [2.24, 2.45) is 5.92 Å². The maximum Gasteiger partial charge on any atom is 0.243 e. The number of benzene rings is 2. The van der Waals surface area contributed by atoms with Crippen LogP contribution in [-0.2, 0) is 14.3 Å². The van der Waals surface area contributed by atoms with Gasteiger partial charge in [0.15, 0.2) is 0 Å². The van der Waals surface area contributed by atoms with E-state index in [1.54, 1.807) is 0 Å². The molecule has 7 nitrogen and oxygen atoms in total. The number of rotatable bonds is 10. The number of amides is 2. The van der Waals surface area contributed by atoms with Crippen molar-refractivity contribution >= 4 is 28.9 Å². The van der Waals surface area contributed by atoms with Crippen LogP contribution in [0.15, 0.2) is 48.5 Å². The summed E-state index contributed by atoms with van der Waals surface area (Å²) in [6.07, 6.45) is 2.66. The van der Waals surface area contributed by atoms with Gasteiger partial charge in [0.2, 0.25) is 11.8 Å². The molecule has 0 spiro atoms. The van der Waals surface area contributed by atoms with E-state index in [4.69, 9.17) is 9.47 Å². The Balaban J connectivity index is 1.46. The third kappa shape index (κ3) is 7.61. The molecule has 2 aromatic carbocycles. The second kappa shape index (κ2) is 11.4. The van der Waals surface area contributed by atoms with Gasteiger partial charge in [0.25, 0.3) is 0 Å². The summed E-state index contributed by atoms with van der Waals surface area (Å²) in [4.78, 5) is 24.3. The largest absolute Gasteiger partial charge is 0.489 e. The molecule has 2 aromatic rings. The fourth-order valence-corrected chi connectivity index (χ4v) is 3.29. The number of hydrogen-bond donors (Lipinski definition) is 3. The number of nitrogens with one attached hydrogen (secondary N) is 3. The van der Waals surface area contributed by atoms with Crippen LogP contribution >= 0.6 is 0 Å². The van der Waals surface area contributed by atoms with Crippen molar-refractivity contribution in [1.82, 2.24) is 0 Å². The molecule has 3 N–H and O–H groups in total. The van der Waals surface area contributed by atoms with Crippen LogP contribution in [0.3, 0.4) is 0 Å². The molecule has 1 atom stereocenters. The molecule has 1 unspecified atom stereocenters. The highest BCUT2D eigenvalue weighted by atomic mass is 16.5. The Morgan fingerprint density at radius 2 is 1.77 bits per heavy atom. The first-order chi connectivity index (χ1) is 15.0. The molecule has 1 aliphatic rings. The van der Waals surface area contributed by atoms with E-state index < -0.39 is 0 Å². The highest BCUT2D eigenvalue weighted by Crippen LogP contribution is 2.25. The number of carbonyl (C=O) groups is 2. The van der Waals surface area contributed by atoms with Gasteiger partial charge in [0.05, 0.1) is 18.3 Å². The third-order valence-electron chi connectivity index (χ3n) is 4.83. The Kier molecular flexibility index (Phi) is 8.29. The monoisotopic (exact) mass is 425 g/mol. The van der Waals surface area contributed by atoms with Crippen LogP contribution in [0.25, 0.3) is 0 Å². The second-order valence-corrected chi connectivity index (χ2v) is 8.07. The normalized spacial score (nSPS) is 15.5. The lowest BCUT2D eigenvalue weighted by molar-refractivity contribution is -0.117. The summed E-state index contributed by atoms with van der Waals surface area (Å²) in [6, 6.07) is 14.7. The zero-order valence-corrected chi connectivity index (χ0v) is 18.1. The Morgan fingerprint density at radius 1 is 1.03 bits per heavy atom. The molecule has 31 heavy (non-hydrogen) atoms. The van der Waals surface area contributed by atoms with Crippen LogP contribution in [0.2, 0.25) is 0 Å². The lowest BCUT2D eigenvalue weighted by Crippen LogP contribution is -2.23. The summed E-state index contributed by atoms with van der Waals surface area (Å²) in [7, 11) is 0. The minimum atomic E-state index is -0.178. The van der Waals surface area contributed by atoms with Gasteiger partial charge in [-0.25, -0.2) is 0 Å². The van der Waals surface area contributed by atoms with Crippen molar-refractivity contribution in [3.63, 3.8) is 0 Å². The van der Waals surface area contributed by atoms with Crippen molar-refractivity contribution in [1.29, 1.82) is 0 Å². The van der Waals surface area contributed by atoms with Crippen LogP contribution in [-0.4, -0.2) is 37.7 Å².